The van der Waals surface area contributed by atoms with E-state index in [2.05, 4.69) is 29.7 Å². The van der Waals surface area contributed by atoms with E-state index in [1.807, 2.05) is 36.3 Å². The quantitative estimate of drug-likeness (QED) is 0.0226. The number of hydrogen-bond acceptors (Lipinski definition) is 14. The molecule has 0 aliphatic carbocycles. The van der Waals surface area contributed by atoms with E-state index in [0.29, 0.717) is 17.2 Å². The third-order valence-corrected chi connectivity index (χ3v) is 8.52. The van der Waals surface area contributed by atoms with Crippen LogP contribution in [-0.4, -0.2) is 105 Å². The number of hydroxylamine groups is 2. The lowest BCUT2D eigenvalue weighted by Crippen LogP contribution is -2.76. The zero-order valence-corrected chi connectivity index (χ0v) is 29.0. The van der Waals surface area contributed by atoms with Crippen LogP contribution in [0.25, 0.3) is 11.1 Å². The van der Waals surface area contributed by atoms with Crippen LogP contribution in [0.4, 0.5) is 5.13 Å². The maximum absolute atomic E-state index is 13.2. The second-order valence-electron chi connectivity index (χ2n) is 11.6. The first kappa shape index (κ1) is 38.1. The zero-order chi connectivity index (χ0) is 36.6. The van der Waals surface area contributed by atoms with Gasteiger partial charge in [0.1, 0.15) is 24.1 Å². The Hall–Kier alpha value is -4.67. The van der Waals surface area contributed by atoms with Gasteiger partial charge >= 0.3 is 16.4 Å². The largest absolute Gasteiger partial charge is 0.489 e. The lowest BCUT2D eigenvalue weighted by molar-refractivity contribution is -0.753. The summed E-state index contributed by atoms with van der Waals surface area (Å²) in [6.45, 7) is 4.78. The summed E-state index contributed by atoms with van der Waals surface area (Å²) in [6, 6.07) is 5.65. The monoisotopic (exact) mass is 739 g/mol. The molecule has 0 radical (unpaired) electrons. The molecule has 1 aliphatic rings. The molecule has 19 nitrogen and oxygen atoms in total. The van der Waals surface area contributed by atoms with Gasteiger partial charge in [0.2, 0.25) is 6.20 Å². The van der Waals surface area contributed by atoms with E-state index in [4.69, 9.17) is 25.0 Å². The first-order valence-electron chi connectivity index (χ1n) is 15.2. The number of nitrogens with zero attached hydrogens (tertiary/aromatic N) is 5. The van der Waals surface area contributed by atoms with Gasteiger partial charge in [-0.15, -0.1) is 20.3 Å². The summed E-state index contributed by atoms with van der Waals surface area (Å²) in [6.07, 6.45) is 3.95. The Labute approximate surface area is 291 Å². The smallest absolute Gasteiger partial charge is 0.418 e. The van der Waals surface area contributed by atoms with Crippen molar-refractivity contribution in [1.29, 1.82) is 0 Å². The summed E-state index contributed by atoms with van der Waals surface area (Å²) >= 11 is 0.959. The molecule has 7 N–H and O–H groups in total. The van der Waals surface area contributed by atoms with Gasteiger partial charge < -0.3 is 36.2 Å². The number of nitrogens with two attached hydrogens (primary N) is 1. The van der Waals surface area contributed by atoms with Crippen molar-refractivity contribution in [2.75, 3.05) is 32.0 Å². The summed E-state index contributed by atoms with van der Waals surface area (Å²) in [5, 5.41) is 29.8. The van der Waals surface area contributed by atoms with E-state index >= 15 is 0 Å². The number of nitrogens with one attached hydrogen (secondary N) is 2. The number of anilines is 1. The number of aryl methyl sites for hydroxylation is 2. The van der Waals surface area contributed by atoms with E-state index in [-0.39, 0.29) is 17.4 Å². The SMILES string of the molecule is C[n+]1cc(-c2ccc(OC[C@H](O/N=C(/C(=O)N[C@@H]3C(=O)N(OS(=O)(=O)O)C3(C)C)c3csc(N)n3)C(=O)O)cc2)cn1CCCNCCCO. The molecule has 0 saturated carbocycles. The number of carbonyl (C=O) groups excluding carboxylic acids is 2. The molecule has 21 heteroatoms. The number of β-lactam (4-membered cyclic amide) rings is 1. The molecule has 2 aromatic heterocycles. The van der Waals surface area contributed by atoms with Crippen LogP contribution in [0.2, 0.25) is 0 Å². The summed E-state index contributed by atoms with van der Waals surface area (Å²) in [4.78, 5) is 47.0. The average molecular weight is 740 g/mol. The molecule has 0 bridgehead atoms. The summed E-state index contributed by atoms with van der Waals surface area (Å²) in [5.74, 6) is -3.12. The maximum Gasteiger partial charge on any atom is 0.418 e. The Morgan fingerprint density at radius 3 is 2.50 bits per heavy atom. The first-order valence-corrected chi connectivity index (χ1v) is 17.5. The molecule has 3 heterocycles. The topological polar surface area (TPSA) is 261 Å². The maximum atomic E-state index is 13.2. The second-order valence-corrected chi connectivity index (χ2v) is 13.5. The number of ether oxygens (including phenoxy) is 1. The lowest BCUT2D eigenvalue weighted by atomic mass is 9.84. The Kier molecular flexibility index (Phi) is 12.5. The van der Waals surface area contributed by atoms with Gasteiger partial charge in [0, 0.05) is 12.0 Å². The molecule has 1 aliphatic heterocycles. The fraction of sp³-hybridized carbons (Fsp3) is 0.448. The number of carboxylic acids is 1. The predicted molar refractivity (Wildman–Crippen MR) is 177 cm³/mol. The highest BCUT2D eigenvalue weighted by atomic mass is 32.3. The third-order valence-electron chi connectivity index (χ3n) is 7.51. The second kappa shape index (κ2) is 16.4. The van der Waals surface area contributed by atoms with Crippen molar-refractivity contribution in [2.24, 2.45) is 12.2 Å². The molecular weight excluding hydrogens is 700 g/mol. The van der Waals surface area contributed by atoms with Crippen LogP contribution < -0.4 is 25.8 Å². The lowest BCUT2D eigenvalue weighted by Gasteiger charge is -2.50. The fourth-order valence-electron chi connectivity index (χ4n) is 4.83. The van der Waals surface area contributed by atoms with Crippen molar-refractivity contribution in [3.05, 3.63) is 47.7 Å². The van der Waals surface area contributed by atoms with Crippen LogP contribution in [0, 0.1) is 0 Å². The van der Waals surface area contributed by atoms with Gasteiger partial charge in [0.15, 0.2) is 17.9 Å². The fourth-order valence-corrected chi connectivity index (χ4v) is 5.83. The molecule has 4 rings (SSSR count). The number of rotatable bonds is 19. The Bertz CT molecular complexity index is 1810. The van der Waals surface area contributed by atoms with Gasteiger partial charge in [-0.05, 0) is 57.5 Å². The van der Waals surface area contributed by atoms with Gasteiger partial charge in [-0.2, -0.15) is 18.2 Å². The van der Waals surface area contributed by atoms with E-state index in [1.54, 1.807) is 12.1 Å². The van der Waals surface area contributed by atoms with Crippen LogP contribution in [0.15, 0.2) is 47.2 Å². The van der Waals surface area contributed by atoms with Crippen LogP contribution >= 0.6 is 11.3 Å². The molecule has 2 amide bonds. The van der Waals surface area contributed by atoms with Crippen LogP contribution in [0.1, 0.15) is 32.4 Å². The standard InChI is InChI=1S/C29H38N8O11S2/c1-29(2)24(26(40)37(29)48-50(43,44)45)33-25(39)23(21-17-49-28(30)32-21)34-47-22(27(41)42)16-46-20-8-6-18(7-9-20)19-14-35(3)36(15-19)12-4-10-31-11-5-13-38/h6-9,14-15,17,22,24,31,38H,4-5,10-13,16H2,1-3H3,(H4-,30,32,33,39,41,42,43,44,45)/p+1/b34-23+/t22-,24+/m0/s1. The van der Waals surface area contributed by atoms with Crippen molar-refractivity contribution in [3.63, 3.8) is 0 Å². The number of hydrogen-bond donors (Lipinski definition) is 6. The van der Waals surface area contributed by atoms with Gasteiger partial charge in [0.25, 0.3) is 17.9 Å². The number of nitrogen functional groups attached to an aromatic ring is 1. The van der Waals surface area contributed by atoms with E-state index in [9.17, 15) is 27.9 Å². The van der Waals surface area contributed by atoms with Crippen molar-refractivity contribution in [3.8, 4) is 16.9 Å². The molecule has 1 aromatic carbocycles. The number of thiazole rings is 1. The van der Waals surface area contributed by atoms with Crippen molar-refractivity contribution < 1.29 is 56.1 Å². The molecule has 1 fully saturated rings. The van der Waals surface area contributed by atoms with Gasteiger partial charge in [0.05, 0.1) is 23.8 Å². The third kappa shape index (κ3) is 9.73. The molecule has 3 aromatic rings. The highest BCUT2D eigenvalue weighted by Gasteiger charge is 2.58. The van der Waals surface area contributed by atoms with Crippen LogP contribution in [0.3, 0.4) is 0 Å². The number of oxime groups is 1. The average Bonchev–Trinajstić information content (AvgIpc) is 3.66. The van der Waals surface area contributed by atoms with Gasteiger partial charge in [-0.3, -0.25) is 14.1 Å². The number of aliphatic carboxylic acids is 1. The van der Waals surface area contributed by atoms with Crippen LogP contribution in [0.5, 0.6) is 5.75 Å². The van der Waals surface area contributed by atoms with E-state index < -0.39 is 58.2 Å². The molecule has 0 unspecified atom stereocenters. The summed E-state index contributed by atoms with van der Waals surface area (Å²) in [7, 11) is -3.08. The first-order chi connectivity index (χ1) is 23.6. The van der Waals surface area contributed by atoms with Crippen molar-refractivity contribution >= 4 is 50.4 Å². The number of aliphatic hydroxyl groups is 1. The Morgan fingerprint density at radius 1 is 1.20 bits per heavy atom. The normalized spacial score (nSPS) is 16.5. The summed E-state index contributed by atoms with van der Waals surface area (Å²) < 4.78 is 45.2. The Morgan fingerprint density at radius 2 is 1.90 bits per heavy atom. The van der Waals surface area contributed by atoms with E-state index in [0.717, 1.165) is 48.5 Å². The molecular formula is C29H39N8O11S2+. The van der Waals surface area contributed by atoms with Crippen molar-refractivity contribution in [2.45, 2.75) is 50.9 Å². The molecule has 1 saturated heterocycles. The highest BCUT2D eigenvalue weighted by Crippen LogP contribution is 2.33. The minimum Gasteiger partial charge on any atom is -0.489 e. The molecule has 2 atom stereocenters. The zero-order valence-electron chi connectivity index (χ0n) is 27.4. The molecule has 50 heavy (non-hydrogen) atoms. The number of aromatic nitrogens is 3. The number of carboxylic acid groups (broad SMARTS) is 1. The molecule has 0 spiro atoms. The number of carbonyl (C=O) groups is 3. The number of aliphatic hydroxyl groups excluding tert-OH is 1. The highest BCUT2D eigenvalue weighted by molar-refractivity contribution is 7.80. The predicted octanol–water partition coefficient (Wildman–Crippen LogP) is -0.527. The van der Waals surface area contributed by atoms with Gasteiger partial charge in [-0.25, -0.2) is 9.78 Å². The van der Waals surface area contributed by atoms with Crippen molar-refractivity contribution in [1.82, 2.24) is 25.4 Å². The van der Waals surface area contributed by atoms with Crippen LogP contribution in [-0.2, 0) is 47.5 Å². The minimum absolute atomic E-state index is 0.0581. The van der Waals surface area contributed by atoms with Gasteiger partial charge in [-0.1, -0.05) is 17.3 Å². The Balaban J connectivity index is 1.39. The summed E-state index contributed by atoms with van der Waals surface area (Å²) in [5.41, 5.74) is 5.54. The minimum atomic E-state index is -5.02. The number of benzene rings is 1. The molecule has 272 valence electrons. The number of amides is 2. The van der Waals surface area contributed by atoms with E-state index in [1.165, 1.54) is 19.2 Å².